The van der Waals surface area contributed by atoms with Crippen LogP contribution in [0.5, 0.6) is 5.75 Å². The third-order valence-electron chi connectivity index (χ3n) is 1.94. The van der Waals surface area contributed by atoms with Gasteiger partial charge in [0.05, 0.1) is 20.1 Å². The number of methoxy groups -OCH3 is 1. The number of aldehydes is 1. The first-order chi connectivity index (χ1) is 8.08. The van der Waals surface area contributed by atoms with Gasteiger partial charge < -0.3 is 9.47 Å². The molecule has 0 unspecified atom stereocenters. The number of halogens is 2. The van der Waals surface area contributed by atoms with E-state index in [9.17, 15) is 18.4 Å². The van der Waals surface area contributed by atoms with Crippen LogP contribution in [-0.2, 0) is 9.53 Å². The third-order valence-corrected chi connectivity index (χ3v) is 1.94. The van der Waals surface area contributed by atoms with Crippen molar-refractivity contribution in [1.82, 2.24) is 0 Å². The van der Waals surface area contributed by atoms with Gasteiger partial charge in [0.15, 0.2) is 17.4 Å². The van der Waals surface area contributed by atoms with Crippen LogP contribution in [0, 0.1) is 11.6 Å². The fourth-order valence-electron chi connectivity index (χ4n) is 1.12. The van der Waals surface area contributed by atoms with Gasteiger partial charge in [0.2, 0.25) is 0 Å². The summed E-state index contributed by atoms with van der Waals surface area (Å²) in [5, 5.41) is 0. The van der Waals surface area contributed by atoms with E-state index in [4.69, 9.17) is 4.74 Å². The minimum atomic E-state index is -0.989. The number of benzene rings is 1. The molecule has 17 heavy (non-hydrogen) atoms. The number of hydrogen-bond donors (Lipinski definition) is 0. The maximum Gasteiger partial charge on any atom is 0.308 e. The average Bonchev–Trinajstić information content (AvgIpc) is 2.31. The molecule has 0 saturated carbocycles. The molecule has 1 rings (SSSR count). The zero-order valence-corrected chi connectivity index (χ0v) is 9.04. The number of rotatable bonds is 5. The Labute approximate surface area is 96.1 Å². The van der Waals surface area contributed by atoms with Crippen molar-refractivity contribution in [2.45, 2.75) is 6.42 Å². The van der Waals surface area contributed by atoms with E-state index >= 15 is 0 Å². The second-order valence-corrected chi connectivity index (χ2v) is 3.11. The Kier molecular flexibility index (Phi) is 4.56. The van der Waals surface area contributed by atoms with E-state index in [-0.39, 0.29) is 18.6 Å². The third kappa shape index (κ3) is 3.51. The molecule has 0 heterocycles. The molecule has 0 aliphatic rings. The molecular formula is C11H10F2O4. The second kappa shape index (κ2) is 5.93. The Morgan fingerprint density at radius 1 is 1.35 bits per heavy atom. The first-order valence-electron chi connectivity index (χ1n) is 4.72. The lowest BCUT2D eigenvalue weighted by molar-refractivity contribution is -0.141. The SMILES string of the molecule is COC(=O)CCOc1c(F)cc(C=O)cc1F. The average molecular weight is 244 g/mol. The van der Waals surface area contributed by atoms with Crippen molar-refractivity contribution >= 4 is 12.3 Å². The van der Waals surface area contributed by atoms with Crippen molar-refractivity contribution in [3.8, 4) is 5.75 Å². The summed E-state index contributed by atoms with van der Waals surface area (Å²) in [4.78, 5) is 21.1. The van der Waals surface area contributed by atoms with Crippen LogP contribution in [0.15, 0.2) is 12.1 Å². The lowest BCUT2D eigenvalue weighted by atomic mass is 10.2. The molecule has 0 aromatic heterocycles. The van der Waals surface area contributed by atoms with Crippen LogP contribution < -0.4 is 4.74 Å². The zero-order chi connectivity index (χ0) is 12.8. The molecule has 1 aromatic carbocycles. The molecule has 0 aliphatic heterocycles. The van der Waals surface area contributed by atoms with Gasteiger partial charge in [-0.3, -0.25) is 9.59 Å². The van der Waals surface area contributed by atoms with Crippen LogP contribution in [-0.4, -0.2) is 26.0 Å². The topological polar surface area (TPSA) is 52.6 Å². The molecule has 0 aliphatic carbocycles. The number of hydrogen-bond acceptors (Lipinski definition) is 4. The van der Waals surface area contributed by atoms with Gasteiger partial charge in [-0.15, -0.1) is 0 Å². The van der Waals surface area contributed by atoms with Crippen molar-refractivity contribution in [3.63, 3.8) is 0 Å². The summed E-state index contributed by atoms with van der Waals surface area (Å²) in [6.07, 6.45) is 0.204. The maximum absolute atomic E-state index is 13.3. The first kappa shape index (κ1) is 13.1. The van der Waals surface area contributed by atoms with E-state index in [0.29, 0.717) is 6.29 Å². The lowest BCUT2D eigenvalue weighted by Gasteiger charge is -2.07. The predicted molar refractivity (Wildman–Crippen MR) is 53.9 cm³/mol. The second-order valence-electron chi connectivity index (χ2n) is 3.11. The summed E-state index contributed by atoms with van der Waals surface area (Å²) in [6, 6.07) is 1.70. The summed E-state index contributed by atoms with van der Waals surface area (Å²) < 4.78 is 35.6. The molecule has 1 aromatic rings. The van der Waals surface area contributed by atoms with Crippen molar-refractivity contribution in [2.24, 2.45) is 0 Å². The highest BCUT2D eigenvalue weighted by molar-refractivity contribution is 5.75. The van der Waals surface area contributed by atoms with Gasteiger partial charge >= 0.3 is 5.97 Å². The predicted octanol–water partition coefficient (Wildman–Crippen LogP) is 1.72. The Morgan fingerprint density at radius 3 is 2.41 bits per heavy atom. The molecule has 0 bridgehead atoms. The molecule has 0 N–H and O–H groups in total. The highest BCUT2D eigenvalue weighted by Crippen LogP contribution is 2.22. The van der Waals surface area contributed by atoms with Crippen LogP contribution in [0.25, 0.3) is 0 Å². The molecule has 4 nitrogen and oxygen atoms in total. The fourth-order valence-corrected chi connectivity index (χ4v) is 1.12. The molecule has 0 atom stereocenters. The number of esters is 1. The van der Waals surface area contributed by atoms with Crippen LogP contribution in [0.1, 0.15) is 16.8 Å². The molecule has 0 spiro atoms. The van der Waals surface area contributed by atoms with Crippen LogP contribution >= 0.6 is 0 Å². The van der Waals surface area contributed by atoms with E-state index < -0.39 is 23.4 Å². The Hall–Kier alpha value is -1.98. The minimum absolute atomic E-state index is 0.120. The van der Waals surface area contributed by atoms with E-state index in [0.717, 1.165) is 12.1 Å². The Balaban J connectivity index is 2.71. The van der Waals surface area contributed by atoms with E-state index in [1.165, 1.54) is 7.11 Å². The Bertz CT molecular complexity index is 408. The summed E-state index contributed by atoms with van der Waals surface area (Å²) in [5.74, 6) is -3.14. The van der Waals surface area contributed by atoms with E-state index in [1.807, 2.05) is 0 Å². The van der Waals surface area contributed by atoms with Gasteiger partial charge in [-0.25, -0.2) is 8.78 Å². The molecule has 0 saturated heterocycles. The Morgan fingerprint density at radius 2 is 1.94 bits per heavy atom. The van der Waals surface area contributed by atoms with E-state index in [1.54, 1.807) is 0 Å². The molecule has 0 fully saturated rings. The number of ether oxygens (including phenoxy) is 2. The van der Waals surface area contributed by atoms with Crippen molar-refractivity contribution in [2.75, 3.05) is 13.7 Å². The summed E-state index contributed by atoms with van der Waals surface area (Å²) in [5.41, 5.74) is -0.125. The standard InChI is InChI=1S/C11H10F2O4/c1-16-10(15)2-3-17-11-8(12)4-7(6-14)5-9(11)13/h4-6H,2-3H2,1H3. The van der Waals surface area contributed by atoms with Crippen LogP contribution in [0.2, 0.25) is 0 Å². The smallest absolute Gasteiger partial charge is 0.308 e. The number of carbonyl (C=O) groups excluding carboxylic acids is 2. The molecule has 0 radical (unpaired) electrons. The maximum atomic E-state index is 13.3. The quantitative estimate of drug-likeness (QED) is 0.584. The van der Waals surface area contributed by atoms with Gasteiger partial charge in [0.25, 0.3) is 0 Å². The number of carbonyl (C=O) groups is 2. The highest BCUT2D eigenvalue weighted by atomic mass is 19.1. The van der Waals surface area contributed by atoms with Crippen molar-refractivity contribution in [1.29, 1.82) is 0 Å². The fraction of sp³-hybridized carbons (Fsp3) is 0.273. The molecule has 6 heteroatoms. The van der Waals surface area contributed by atoms with Crippen molar-refractivity contribution < 1.29 is 27.8 Å². The highest BCUT2D eigenvalue weighted by Gasteiger charge is 2.13. The monoisotopic (exact) mass is 244 g/mol. The van der Waals surface area contributed by atoms with Crippen molar-refractivity contribution in [3.05, 3.63) is 29.3 Å². The normalized spacial score (nSPS) is 9.82. The van der Waals surface area contributed by atoms with Gasteiger partial charge in [-0.05, 0) is 12.1 Å². The summed E-state index contributed by atoms with van der Waals surface area (Å²) >= 11 is 0. The summed E-state index contributed by atoms with van der Waals surface area (Å²) in [6.45, 7) is -0.207. The first-order valence-corrected chi connectivity index (χ1v) is 4.72. The van der Waals surface area contributed by atoms with E-state index in [2.05, 4.69) is 4.74 Å². The summed E-state index contributed by atoms with van der Waals surface area (Å²) in [7, 11) is 1.20. The minimum Gasteiger partial charge on any atom is -0.487 e. The van der Waals surface area contributed by atoms with Gasteiger partial charge in [0, 0.05) is 5.56 Å². The van der Waals surface area contributed by atoms with Crippen LogP contribution in [0.4, 0.5) is 8.78 Å². The zero-order valence-electron chi connectivity index (χ0n) is 9.04. The lowest BCUT2D eigenvalue weighted by Crippen LogP contribution is -2.09. The van der Waals surface area contributed by atoms with Gasteiger partial charge in [-0.2, -0.15) is 0 Å². The molecule has 0 amide bonds. The molecule has 92 valence electrons. The van der Waals surface area contributed by atoms with Crippen LogP contribution in [0.3, 0.4) is 0 Å². The molecular weight excluding hydrogens is 234 g/mol. The largest absolute Gasteiger partial charge is 0.487 e. The van der Waals surface area contributed by atoms with Gasteiger partial charge in [0.1, 0.15) is 6.29 Å². The van der Waals surface area contributed by atoms with Gasteiger partial charge in [-0.1, -0.05) is 0 Å².